The van der Waals surface area contributed by atoms with Gasteiger partial charge in [0, 0.05) is 37.1 Å². The topological polar surface area (TPSA) is 34.0 Å². The van der Waals surface area contributed by atoms with E-state index in [2.05, 4.69) is 62.0 Å². The maximum atomic E-state index is 11.1. The second-order valence-corrected chi connectivity index (χ2v) is 7.25. The number of carbonyl (C=O) groups is 1. The third-order valence-electron chi connectivity index (χ3n) is 5.64. The smallest absolute Gasteiger partial charge is 0.216 e. The molecular weight excluding hydrogens is 272 g/mol. The zero-order valence-electron chi connectivity index (χ0n) is 14.2. The Labute approximate surface area is 132 Å². The lowest BCUT2D eigenvalue weighted by atomic mass is 10.0. The SMILES string of the molecule is CC(=O)NCC[C@H]1[C@H](c2c(C)n(C)c3ccccc23)C1(C)C. The van der Waals surface area contributed by atoms with Gasteiger partial charge in [-0.3, -0.25) is 4.79 Å². The van der Waals surface area contributed by atoms with E-state index >= 15 is 0 Å². The van der Waals surface area contributed by atoms with Gasteiger partial charge in [-0.15, -0.1) is 0 Å². The third kappa shape index (κ3) is 2.23. The maximum Gasteiger partial charge on any atom is 0.216 e. The first-order valence-electron chi connectivity index (χ1n) is 8.14. The number of fused-ring (bicyclic) bond motifs is 1. The molecule has 0 unspecified atom stereocenters. The lowest BCUT2D eigenvalue weighted by molar-refractivity contribution is -0.118. The van der Waals surface area contributed by atoms with Crippen molar-refractivity contribution in [2.24, 2.45) is 18.4 Å². The highest BCUT2D eigenvalue weighted by atomic mass is 16.1. The number of hydrogen-bond donors (Lipinski definition) is 1. The Balaban J connectivity index is 1.92. The number of para-hydroxylation sites is 1. The van der Waals surface area contributed by atoms with Crippen molar-refractivity contribution in [2.75, 3.05) is 6.54 Å². The molecule has 1 heterocycles. The molecule has 3 rings (SSSR count). The minimum Gasteiger partial charge on any atom is -0.356 e. The fourth-order valence-corrected chi connectivity index (χ4v) is 4.20. The Bertz CT molecular complexity index is 726. The highest BCUT2D eigenvalue weighted by Crippen LogP contribution is 2.67. The average molecular weight is 298 g/mol. The number of aryl methyl sites for hydroxylation is 1. The molecule has 0 radical (unpaired) electrons. The third-order valence-corrected chi connectivity index (χ3v) is 5.64. The monoisotopic (exact) mass is 298 g/mol. The van der Waals surface area contributed by atoms with Crippen molar-refractivity contribution >= 4 is 16.8 Å². The molecule has 22 heavy (non-hydrogen) atoms. The normalized spacial score (nSPS) is 22.8. The number of amides is 1. The molecule has 1 amide bonds. The van der Waals surface area contributed by atoms with Gasteiger partial charge in [0.2, 0.25) is 5.91 Å². The number of nitrogens with zero attached hydrogens (tertiary/aromatic N) is 1. The van der Waals surface area contributed by atoms with E-state index in [0.717, 1.165) is 13.0 Å². The summed E-state index contributed by atoms with van der Waals surface area (Å²) in [7, 11) is 2.16. The van der Waals surface area contributed by atoms with Crippen LogP contribution in [-0.4, -0.2) is 17.0 Å². The fourth-order valence-electron chi connectivity index (χ4n) is 4.20. The molecule has 3 heteroatoms. The van der Waals surface area contributed by atoms with Gasteiger partial charge in [-0.2, -0.15) is 0 Å². The van der Waals surface area contributed by atoms with Crippen LogP contribution in [0.5, 0.6) is 0 Å². The number of hydrogen-bond acceptors (Lipinski definition) is 1. The molecule has 0 aliphatic heterocycles. The number of aromatic nitrogens is 1. The van der Waals surface area contributed by atoms with Crippen molar-refractivity contribution in [1.82, 2.24) is 9.88 Å². The van der Waals surface area contributed by atoms with Gasteiger partial charge in [-0.25, -0.2) is 0 Å². The van der Waals surface area contributed by atoms with Crippen LogP contribution in [0, 0.1) is 18.3 Å². The number of rotatable bonds is 4. The van der Waals surface area contributed by atoms with Crippen molar-refractivity contribution < 1.29 is 4.79 Å². The lowest BCUT2D eigenvalue weighted by Crippen LogP contribution is -2.21. The number of nitrogens with one attached hydrogen (secondary N) is 1. The molecular formula is C19H26N2O. The molecule has 118 valence electrons. The lowest BCUT2D eigenvalue weighted by Gasteiger charge is -2.04. The predicted octanol–water partition coefficient (Wildman–Crippen LogP) is 3.75. The van der Waals surface area contributed by atoms with E-state index in [-0.39, 0.29) is 5.91 Å². The molecule has 3 nitrogen and oxygen atoms in total. The molecule has 1 fully saturated rings. The summed E-state index contributed by atoms with van der Waals surface area (Å²) in [4.78, 5) is 11.1. The van der Waals surface area contributed by atoms with Gasteiger partial charge < -0.3 is 9.88 Å². The summed E-state index contributed by atoms with van der Waals surface area (Å²) < 4.78 is 2.31. The Hall–Kier alpha value is -1.77. The first-order chi connectivity index (χ1) is 10.4. The standard InChI is InChI=1S/C19H26N2O/c1-12-17(14-8-6-7-9-16(14)21(12)5)18-15(19(18,3)4)10-11-20-13(2)22/h6-9,15,18H,10-11H2,1-5H3,(H,20,22)/t15-,18+/m0/s1. The highest BCUT2D eigenvalue weighted by Gasteiger charge is 2.58. The van der Waals surface area contributed by atoms with Crippen molar-refractivity contribution in [3.8, 4) is 0 Å². The molecule has 1 aliphatic carbocycles. The molecule has 0 bridgehead atoms. The zero-order chi connectivity index (χ0) is 16.1. The summed E-state index contributed by atoms with van der Waals surface area (Å²) >= 11 is 0. The van der Waals surface area contributed by atoms with Crippen LogP contribution < -0.4 is 5.32 Å². The van der Waals surface area contributed by atoms with Crippen molar-refractivity contribution in [3.05, 3.63) is 35.5 Å². The van der Waals surface area contributed by atoms with Crippen LogP contribution in [-0.2, 0) is 11.8 Å². The van der Waals surface area contributed by atoms with E-state index in [4.69, 9.17) is 0 Å². The van der Waals surface area contributed by atoms with Crippen LogP contribution >= 0.6 is 0 Å². The Morgan fingerprint density at radius 1 is 1.32 bits per heavy atom. The summed E-state index contributed by atoms with van der Waals surface area (Å²) in [5.74, 6) is 1.30. The molecule has 2 aromatic rings. The van der Waals surface area contributed by atoms with Crippen LogP contribution in [0.3, 0.4) is 0 Å². The first kappa shape index (κ1) is 15.1. The summed E-state index contributed by atoms with van der Waals surface area (Å²) in [6, 6.07) is 8.69. The molecule has 1 saturated carbocycles. The molecule has 0 saturated heterocycles. The van der Waals surface area contributed by atoms with Crippen molar-refractivity contribution in [3.63, 3.8) is 0 Å². The van der Waals surface area contributed by atoms with Crippen LogP contribution in [0.4, 0.5) is 0 Å². The Morgan fingerprint density at radius 2 is 2.00 bits per heavy atom. The quantitative estimate of drug-likeness (QED) is 0.916. The predicted molar refractivity (Wildman–Crippen MR) is 91.0 cm³/mol. The van der Waals surface area contributed by atoms with Gasteiger partial charge in [0.1, 0.15) is 0 Å². The second kappa shape index (κ2) is 5.15. The number of carbonyl (C=O) groups excluding carboxylic acids is 1. The minimum absolute atomic E-state index is 0.0661. The number of benzene rings is 1. The average Bonchev–Trinajstić information content (AvgIpc) is 2.89. The van der Waals surface area contributed by atoms with Gasteiger partial charge >= 0.3 is 0 Å². The van der Waals surface area contributed by atoms with Crippen LogP contribution in [0.2, 0.25) is 0 Å². The first-order valence-corrected chi connectivity index (χ1v) is 8.14. The van der Waals surface area contributed by atoms with E-state index in [1.807, 2.05) is 0 Å². The van der Waals surface area contributed by atoms with E-state index in [9.17, 15) is 4.79 Å². The van der Waals surface area contributed by atoms with Crippen molar-refractivity contribution in [2.45, 2.75) is 40.0 Å². The Kier molecular flexibility index (Phi) is 3.54. The second-order valence-electron chi connectivity index (χ2n) is 7.25. The summed E-state index contributed by atoms with van der Waals surface area (Å²) in [6.45, 7) is 9.32. The van der Waals surface area contributed by atoms with E-state index in [1.54, 1.807) is 6.92 Å². The molecule has 1 N–H and O–H groups in total. The van der Waals surface area contributed by atoms with Crippen LogP contribution in [0.25, 0.3) is 10.9 Å². The summed E-state index contributed by atoms with van der Waals surface area (Å²) in [6.07, 6.45) is 1.06. The van der Waals surface area contributed by atoms with Gasteiger partial charge in [0.15, 0.2) is 0 Å². The largest absolute Gasteiger partial charge is 0.356 e. The summed E-state index contributed by atoms with van der Waals surface area (Å²) in [5.41, 5.74) is 4.52. The molecule has 1 aliphatic rings. The molecule has 2 atom stereocenters. The van der Waals surface area contributed by atoms with Crippen molar-refractivity contribution in [1.29, 1.82) is 0 Å². The minimum atomic E-state index is 0.0661. The molecule has 0 spiro atoms. The van der Waals surface area contributed by atoms with E-state index < -0.39 is 0 Å². The van der Waals surface area contributed by atoms with Gasteiger partial charge in [0.25, 0.3) is 0 Å². The van der Waals surface area contributed by atoms with Crippen LogP contribution in [0.15, 0.2) is 24.3 Å². The zero-order valence-corrected chi connectivity index (χ0v) is 14.2. The fraction of sp³-hybridized carbons (Fsp3) is 0.526. The molecule has 1 aromatic carbocycles. The van der Waals surface area contributed by atoms with E-state index in [0.29, 0.717) is 17.3 Å². The Morgan fingerprint density at radius 3 is 2.68 bits per heavy atom. The highest BCUT2D eigenvalue weighted by molar-refractivity contribution is 5.86. The maximum absolute atomic E-state index is 11.1. The van der Waals surface area contributed by atoms with Crippen LogP contribution in [0.1, 0.15) is 44.4 Å². The van der Waals surface area contributed by atoms with Gasteiger partial charge in [0.05, 0.1) is 0 Å². The van der Waals surface area contributed by atoms with E-state index in [1.165, 1.54) is 22.2 Å². The molecule has 1 aromatic heterocycles. The van der Waals surface area contributed by atoms with Gasteiger partial charge in [-0.05, 0) is 42.2 Å². The summed E-state index contributed by atoms with van der Waals surface area (Å²) in [5, 5.41) is 4.33. The van der Waals surface area contributed by atoms with Gasteiger partial charge in [-0.1, -0.05) is 32.0 Å².